The first kappa shape index (κ1) is 18.5. The Hall–Kier alpha value is -1.34. The van der Waals surface area contributed by atoms with Gasteiger partial charge in [0.2, 0.25) is 5.91 Å². The number of aromatic nitrogens is 2. The van der Waals surface area contributed by atoms with Crippen molar-refractivity contribution < 1.29 is 9.21 Å². The highest BCUT2D eigenvalue weighted by Crippen LogP contribution is 2.37. The predicted octanol–water partition coefficient (Wildman–Crippen LogP) is 4.18. The fourth-order valence-electron chi connectivity index (χ4n) is 2.82. The fourth-order valence-corrected chi connectivity index (χ4v) is 4.66. The largest absolute Gasteiger partial charge is 0.410 e. The maximum Gasteiger partial charge on any atom is 0.277 e. The molecule has 7 heteroatoms. The van der Waals surface area contributed by atoms with E-state index in [0.717, 1.165) is 23.6 Å². The molecule has 1 N–H and O–H groups in total. The summed E-state index contributed by atoms with van der Waals surface area (Å²) in [7, 11) is 0. The lowest BCUT2D eigenvalue weighted by Crippen LogP contribution is -2.33. The normalized spacial score (nSPS) is 18.2. The van der Waals surface area contributed by atoms with Gasteiger partial charge in [0.1, 0.15) is 0 Å². The summed E-state index contributed by atoms with van der Waals surface area (Å²) in [5, 5.41) is 11.4. The summed E-state index contributed by atoms with van der Waals surface area (Å²) in [5.41, 5.74) is 1.42. The number of amides is 1. The fraction of sp³-hybridized carbons (Fsp3) is 0.611. The third-order valence-electron chi connectivity index (χ3n) is 4.28. The molecule has 25 heavy (non-hydrogen) atoms. The molecule has 1 amide bonds. The number of thioether (sulfide) groups is 1. The van der Waals surface area contributed by atoms with E-state index in [4.69, 9.17) is 4.42 Å². The summed E-state index contributed by atoms with van der Waals surface area (Å²) in [6.45, 7) is 8.98. The maximum atomic E-state index is 12.1. The summed E-state index contributed by atoms with van der Waals surface area (Å²) in [5.74, 6) is 1.74. The lowest BCUT2D eigenvalue weighted by Gasteiger charge is -2.16. The number of hydrogen-bond donors (Lipinski definition) is 1. The average molecular weight is 380 g/mol. The Morgan fingerprint density at radius 1 is 1.44 bits per heavy atom. The summed E-state index contributed by atoms with van der Waals surface area (Å²) < 4.78 is 5.79. The number of fused-ring (bicyclic) bond motifs is 1. The number of rotatable bonds is 6. The molecule has 0 aliphatic heterocycles. The van der Waals surface area contributed by atoms with Crippen LogP contribution in [0.5, 0.6) is 0 Å². The molecular weight excluding hydrogens is 354 g/mol. The van der Waals surface area contributed by atoms with Gasteiger partial charge in [-0.1, -0.05) is 32.5 Å². The van der Waals surface area contributed by atoms with Crippen LogP contribution in [0.25, 0.3) is 10.8 Å². The third kappa shape index (κ3) is 4.64. The van der Waals surface area contributed by atoms with E-state index in [1.54, 1.807) is 11.3 Å². The minimum Gasteiger partial charge on any atom is -0.410 e. The van der Waals surface area contributed by atoms with E-state index in [1.165, 1.54) is 28.6 Å². The standard InChI is InChI=1S/C18H25N3O2S2/c1-10(2)9-19-16(22)12(4)24-18-21-20-17(23-18)15-8-13-7-11(3)5-6-14(13)25-15/h8,10-12H,5-7,9H2,1-4H3,(H,19,22)/t11-,12+/m0/s1. The second-order valence-corrected chi connectivity index (χ2v) is 9.61. The van der Waals surface area contributed by atoms with Crippen LogP contribution in [-0.2, 0) is 17.6 Å². The quantitative estimate of drug-likeness (QED) is 0.763. The molecule has 0 spiro atoms. The van der Waals surface area contributed by atoms with Gasteiger partial charge in [0.05, 0.1) is 10.1 Å². The monoisotopic (exact) mass is 379 g/mol. The van der Waals surface area contributed by atoms with Gasteiger partial charge in [-0.3, -0.25) is 4.79 Å². The SMILES string of the molecule is CC(C)CNC(=O)[C@@H](C)Sc1nnc(-c2cc3c(s2)CC[C@H](C)C3)o1. The van der Waals surface area contributed by atoms with Gasteiger partial charge in [0, 0.05) is 11.4 Å². The van der Waals surface area contributed by atoms with Crippen LogP contribution in [0, 0.1) is 11.8 Å². The zero-order valence-electron chi connectivity index (χ0n) is 15.2. The minimum atomic E-state index is -0.260. The Morgan fingerprint density at radius 2 is 2.24 bits per heavy atom. The molecule has 2 atom stereocenters. The van der Waals surface area contributed by atoms with E-state index in [-0.39, 0.29) is 11.2 Å². The van der Waals surface area contributed by atoms with E-state index in [1.807, 2.05) is 6.92 Å². The molecule has 2 aromatic rings. The van der Waals surface area contributed by atoms with Crippen molar-refractivity contribution in [3.63, 3.8) is 0 Å². The van der Waals surface area contributed by atoms with Crippen LogP contribution >= 0.6 is 23.1 Å². The van der Waals surface area contributed by atoms with Gasteiger partial charge in [-0.2, -0.15) is 0 Å². The molecular formula is C18H25N3O2S2. The van der Waals surface area contributed by atoms with Crippen LogP contribution in [0.15, 0.2) is 15.7 Å². The average Bonchev–Trinajstić information content (AvgIpc) is 3.18. The molecule has 0 radical (unpaired) electrons. The molecule has 0 bridgehead atoms. The Kier molecular flexibility index (Phi) is 5.84. The summed E-state index contributed by atoms with van der Waals surface area (Å²) >= 11 is 3.06. The van der Waals surface area contributed by atoms with Gasteiger partial charge in [0.25, 0.3) is 11.1 Å². The molecule has 0 unspecified atom stereocenters. The lowest BCUT2D eigenvalue weighted by molar-refractivity contribution is -0.120. The third-order valence-corrected chi connectivity index (χ3v) is 6.44. The van der Waals surface area contributed by atoms with Gasteiger partial charge < -0.3 is 9.73 Å². The highest BCUT2D eigenvalue weighted by molar-refractivity contribution is 8.00. The minimum absolute atomic E-state index is 0.000902. The van der Waals surface area contributed by atoms with Crippen molar-refractivity contribution in [2.45, 2.75) is 57.4 Å². The van der Waals surface area contributed by atoms with Crippen LogP contribution in [-0.4, -0.2) is 27.9 Å². The van der Waals surface area contributed by atoms with E-state index in [9.17, 15) is 4.79 Å². The number of carbonyl (C=O) groups excluding carboxylic acids is 1. The van der Waals surface area contributed by atoms with Crippen LogP contribution in [0.4, 0.5) is 0 Å². The molecule has 136 valence electrons. The smallest absolute Gasteiger partial charge is 0.277 e. The van der Waals surface area contributed by atoms with Crippen LogP contribution in [0.1, 0.15) is 44.6 Å². The summed E-state index contributed by atoms with van der Waals surface area (Å²) in [6, 6.07) is 2.19. The summed E-state index contributed by atoms with van der Waals surface area (Å²) in [4.78, 5) is 14.6. The van der Waals surface area contributed by atoms with Crippen LogP contribution in [0.3, 0.4) is 0 Å². The van der Waals surface area contributed by atoms with Crippen LogP contribution in [0.2, 0.25) is 0 Å². The van der Waals surface area contributed by atoms with Crippen molar-refractivity contribution in [2.75, 3.05) is 6.54 Å². The van der Waals surface area contributed by atoms with Gasteiger partial charge in [-0.15, -0.1) is 21.5 Å². The Morgan fingerprint density at radius 3 is 3.00 bits per heavy atom. The molecule has 1 aliphatic carbocycles. The van der Waals surface area contributed by atoms with E-state index >= 15 is 0 Å². The number of nitrogens with one attached hydrogen (secondary N) is 1. The van der Waals surface area contributed by atoms with Crippen LogP contribution < -0.4 is 5.32 Å². The molecule has 2 aromatic heterocycles. The molecule has 5 nitrogen and oxygen atoms in total. The Bertz CT molecular complexity index is 739. The van der Waals surface area contributed by atoms with Crippen molar-refractivity contribution in [3.8, 4) is 10.8 Å². The Labute approximate surface area is 157 Å². The molecule has 0 saturated heterocycles. The topological polar surface area (TPSA) is 68.0 Å². The van der Waals surface area contributed by atoms with Crippen molar-refractivity contribution in [1.82, 2.24) is 15.5 Å². The number of thiophene rings is 1. The van der Waals surface area contributed by atoms with Crippen molar-refractivity contribution in [2.24, 2.45) is 11.8 Å². The van der Waals surface area contributed by atoms with E-state index < -0.39 is 0 Å². The van der Waals surface area contributed by atoms with Gasteiger partial charge >= 0.3 is 0 Å². The first-order chi connectivity index (χ1) is 11.9. The highest BCUT2D eigenvalue weighted by atomic mass is 32.2. The second kappa shape index (κ2) is 7.91. The number of hydrogen-bond acceptors (Lipinski definition) is 6. The first-order valence-corrected chi connectivity index (χ1v) is 10.5. The van der Waals surface area contributed by atoms with Crippen molar-refractivity contribution >= 4 is 29.0 Å². The van der Waals surface area contributed by atoms with Crippen molar-refractivity contribution in [1.29, 1.82) is 0 Å². The molecule has 0 saturated carbocycles. The molecule has 3 rings (SSSR count). The first-order valence-electron chi connectivity index (χ1n) is 8.82. The highest BCUT2D eigenvalue weighted by Gasteiger charge is 2.22. The van der Waals surface area contributed by atoms with E-state index in [2.05, 4.69) is 42.4 Å². The lowest BCUT2D eigenvalue weighted by atomic mass is 9.90. The Balaban J connectivity index is 1.64. The zero-order valence-corrected chi connectivity index (χ0v) is 16.8. The van der Waals surface area contributed by atoms with E-state index in [0.29, 0.717) is 23.6 Å². The summed E-state index contributed by atoms with van der Waals surface area (Å²) in [6.07, 6.45) is 3.53. The number of nitrogens with zero attached hydrogens (tertiary/aromatic N) is 2. The molecule has 0 aromatic carbocycles. The molecule has 1 aliphatic rings. The predicted molar refractivity (Wildman–Crippen MR) is 102 cm³/mol. The molecule has 2 heterocycles. The maximum absolute atomic E-state index is 12.1. The zero-order chi connectivity index (χ0) is 18.0. The van der Waals surface area contributed by atoms with Gasteiger partial charge in [0.15, 0.2) is 0 Å². The van der Waals surface area contributed by atoms with Gasteiger partial charge in [-0.05, 0) is 49.7 Å². The molecule has 0 fully saturated rings. The number of aryl methyl sites for hydroxylation is 1. The van der Waals surface area contributed by atoms with Crippen molar-refractivity contribution in [3.05, 3.63) is 16.5 Å². The number of carbonyl (C=O) groups is 1. The van der Waals surface area contributed by atoms with Gasteiger partial charge in [-0.25, -0.2) is 0 Å². The second-order valence-electron chi connectivity index (χ2n) is 7.18.